The molecule has 2 aliphatic heterocycles. The first kappa shape index (κ1) is 24.2. The van der Waals surface area contributed by atoms with Crippen molar-refractivity contribution in [3.05, 3.63) is 90.7 Å². The maximum absolute atomic E-state index is 14.0. The lowest BCUT2D eigenvalue weighted by atomic mass is 9.94. The number of thiazole rings is 1. The molecule has 0 saturated heterocycles. The Kier molecular flexibility index (Phi) is 6.15. The highest BCUT2D eigenvalue weighted by atomic mass is 32.1. The van der Waals surface area contributed by atoms with Gasteiger partial charge < -0.3 is 18.8 Å². The number of aryl methyl sites for hydroxylation is 1. The lowest BCUT2D eigenvalue weighted by molar-refractivity contribution is -0.139. The summed E-state index contributed by atoms with van der Waals surface area (Å²) in [5.74, 6) is 0.746. The van der Waals surface area contributed by atoms with Crippen LogP contribution in [-0.2, 0) is 16.6 Å². The molecule has 4 heterocycles. The SMILES string of the molecule is CCCC1=C(C(=O)OCC)C(c2ccc3c(c2)OCO3)n2c(s/c(=C/c3cn(C)c4ccccc34)c2=O)=N1. The van der Waals surface area contributed by atoms with E-state index in [2.05, 4.69) is 6.07 Å². The van der Waals surface area contributed by atoms with Crippen molar-refractivity contribution in [2.24, 2.45) is 12.0 Å². The molecule has 0 saturated carbocycles. The second-order valence-corrected chi connectivity index (χ2v) is 10.2. The molecular formula is C29H27N3O5S. The van der Waals surface area contributed by atoms with Crippen molar-refractivity contribution in [2.75, 3.05) is 13.4 Å². The van der Waals surface area contributed by atoms with E-state index in [0.717, 1.165) is 28.5 Å². The van der Waals surface area contributed by atoms with Crippen LogP contribution in [0.25, 0.3) is 17.0 Å². The Labute approximate surface area is 222 Å². The number of rotatable bonds is 6. The van der Waals surface area contributed by atoms with Crippen molar-refractivity contribution in [1.29, 1.82) is 0 Å². The van der Waals surface area contributed by atoms with E-state index in [9.17, 15) is 9.59 Å². The molecule has 0 N–H and O–H groups in total. The van der Waals surface area contributed by atoms with Crippen LogP contribution < -0.4 is 24.4 Å². The van der Waals surface area contributed by atoms with Gasteiger partial charge in [0.05, 0.1) is 28.5 Å². The van der Waals surface area contributed by atoms with E-state index >= 15 is 0 Å². The topological polar surface area (TPSA) is 84.0 Å². The van der Waals surface area contributed by atoms with E-state index in [0.29, 0.717) is 38.5 Å². The standard InChI is InChI=1S/C29H27N3O5S/c1-4-8-20-25(28(34)35-5-2)26(17-11-12-22-23(13-17)37-16-36-22)32-27(33)24(38-29(32)30-20)14-18-15-31(3)21-10-7-6-9-19(18)21/h6-7,9-15,26H,4-5,8,16H2,1-3H3/b24-14+. The summed E-state index contributed by atoms with van der Waals surface area (Å²) in [6.45, 7) is 4.17. The minimum Gasteiger partial charge on any atom is -0.463 e. The number of hydrogen-bond acceptors (Lipinski definition) is 7. The summed E-state index contributed by atoms with van der Waals surface area (Å²) in [5.41, 5.74) is 3.59. The third-order valence-corrected chi connectivity index (χ3v) is 7.80. The molecule has 0 radical (unpaired) electrons. The van der Waals surface area contributed by atoms with Crippen molar-refractivity contribution < 1.29 is 19.0 Å². The number of allylic oxidation sites excluding steroid dienone is 1. The number of nitrogens with zero attached hydrogens (tertiary/aromatic N) is 3. The van der Waals surface area contributed by atoms with Gasteiger partial charge in [-0.15, -0.1) is 0 Å². The average Bonchev–Trinajstić information content (AvgIpc) is 3.60. The molecule has 0 fully saturated rings. The molecule has 0 bridgehead atoms. The molecule has 8 nitrogen and oxygen atoms in total. The maximum Gasteiger partial charge on any atom is 0.338 e. The molecule has 2 aromatic carbocycles. The lowest BCUT2D eigenvalue weighted by Gasteiger charge is -2.25. The summed E-state index contributed by atoms with van der Waals surface area (Å²) >= 11 is 1.33. The Morgan fingerprint density at radius 3 is 2.82 bits per heavy atom. The number of ether oxygens (including phenoxy) is 3. The normalized spacial score (nSPS) is 16.6. The van der Waals surface area contributed by atoms with Crippen molar-refractivity contribution in [3.63, 3.8) is 0 Å². The first-order chi connectivity index (χ1) is 18.5. The summed E-state index contributed by atoms with van der Waals surface area (Å²) in [7, 11) is 1.99. The highest BCUT2D eigenvalue weighted by molar-refractivity contribution is 7.07. The van der Waals surface area contributed by atoms with Gasteiger partial charge in [0, 0.05) is 29.7 Å². The van der Waals surface area contributed by atoms with Gasteiger partial charge in [0.15, 0.2) is 16.3 Å². The Morgan fingerprint density at radius 1 is 1.18 bits per heavy atom. The molecule has 2 aliphatic rings. The quantitative estimate of drug-likeness (QED) is 0.355. The van der Waals surface area contributed by atoms with Crippen LogP contribution in [0.3, 0.4) is 0 Å². The third-order valence-electron chi connectivity index (χ3n) is 6.82. The van der Waals surface area contributed by atoms with Gasteiger partial charge in [0.25, 0.3) is 5.56 Å². The largest absolute Gasteiger partial charge is 0.463 e. The fourth-order valence-corrected chi connectivity index (χ4v) is 6.16. The number of carbonyl (C=O) groups is 1. The Balaban J connectivity index is 1.60. The predicted octanol–water partition coefficient (Wildman–Crippen LogP) is 3.80. The van der Waals surface area contributed by atoms with E-state index in [1.54, 1.807) is 11.5 Å². The van der Waals surface area contributed by atoms with E-state index in [4.69, 9.17) is 19.2 Å². The van der Waals surface area contributed by atoms with Crippen molar-refractivity contribution in [3.8, 4) is 11.5 Å². The van der Waals surface area contributed by atoms with Gasteiger partial charge in [0.2, 0.25) is 6.79 Å². The molecule has 6 rings (SSSR count). The zero-order valence-electron chi connectivity index (χ0n) is 21.4. The van der Waals surface area contributed by atoms with Crippen LogP contribution in [0.2, 0.25) is 0 Å². The number of esters is 1. The van der Waals surface area contributed by atoms with E-state index in [1.165, 1.54) is 11.3 Å². The van der Waals surface area contributed by atoms with Gasteiger partial charge in [-0.3, -0.25) is 9.36 Å². The third kappa shape index (κ3) is 3.94. The van der Waals surface area contributed by atoms with Gasteiger partial charge in [-0.25, -0.2) is 9.79 Å². The van der Waals surface area contributed by atoms with Crippen LogP contribution in [0.5, 0.6) is 11.5 Å². The zero-order valence-corrected chi connectivity index (χ0v) is 22.2. The van der Waals surface area contributed by atoms with Crippen molar-refractivity contribution >= 4 is 34.3 Å². The van der Waals surface area contributed by atoms with Gasteiger partial charge in [-0.1, -0.05) is 48.9 Å². The Bertz CT molecular complexity index is 1790. The molecule has 2 aromatic heterocycles. The molecular weight excluding hydrogens is 502 g/mol. The number of aromatic nitrogens is 2. The van der Waals surface area contributed by atoms with E-state index in [-0.39, 0.29) is 19.0 Å². The summed E-state index contributed by atoms with van der Waals surface area (Å²) in [4.78, 5) is 32.8. The van der Waals surface area contributed by atoms with Gasteiger partial charge >= 0.3 is 5.97 Å². The fraction of sp³-hybridized carbons (Fsp3) is 0.276. The summed E-state index contributed by atoms with van der Waals surface area (Å²) in [5, 5.41) is 1.06. The van der Waals surface area contributed by atoms with Gasteiger partial charge in [-0.05, 0) is 43.2 Å². The molecule has 1 atom stereocenters. The second kappa shape index (κ2) is 9.64. The molecule has 0 amide bonds. The Morgan fingerprint density at radius 2 is 2.00 bits per heavy atom. The molecule has 38 heavy (non-hydrogen) atoms. The minimum atomic E-state index is -0.698. The molecule has 0 aliphatic carbocycles. The fourth-order valence-electron chi connectivity index (χ4n) is 5.15. The van der Waals surface area contributed by atoms with Crippen molar-refractivity contribution in [2.45, 2.75) is 32.7 Å². The van der Waals surface area contributed by atoms with E-state index < -0.39 is 12.0 Å². The predicted molar refractivity (Wildman–Crippen MR) is 145 cm³/mol. The molecule has 9 heteroatoms. The highest BCUT2D eigenvalue weighted by Gasteiger charge is 2.35. The highest BCUT2D eigenvalue weighted by Crippen LogP contribution is 2.38. The number of carbonyl (C=O) groups excluding carboxylic acids is 1. The lowest BCUT2D eigenvalue weighted by Crippen LogP contribution is -2.40. The van der Waals surface area contributed by atoms with Crippen LogP contribution in [-0.4, -0.2) is 28.5 Å². The van der Waals surface area contributed by atoms with Crippen molar-refractivity contribution in [1.82, 2.24) is 9.13 Å². The van der Waals surface area contributed by atoms with Crippen LogP contribution in [0.4, 0.5) is 0 Å². The van der Waals surface area contributed by atoms with E-state index in [1.807, 2.05) is 67.2 Å². The number of hydrogen-bond donors (Lipinski definition) is 0. The number of fused-ring (bicyclic) bond motifs is 3. The van der Waals surface area contributed by atoms with Gasteiger partial charge in [-0.2, -0.15) is 0 Å². The maximum atomic E-state index is 14.0. The van der Waals surface area contributed by atoms with Crippen LogP contribution in [0, 0.1) is 0 Å². The monoisotopic (exact) mass is 529 g/mol. The summed E-state index contributed by atoms with van der Waals surface area (Å²) in [6, 6.07) is 12.9. The summed E-state index contributed by atoms with van der Waals surface area (Å²) < 4.78 is 20.8. The smallest absolute Gasteiger partial charge is 0.338 e. The zero-order chi connectivity index (χ0) is 26.4. The number of benzene rings is 2. The van der Waals surface area contributed by atoms with Crippen LogP contribution in [0.1, 0.15) is 43.9 Å². The second-order valence-electron chi connectivity index (χ2n) is 9.24. The molecule has 1 unspecified atom stereocenters. The summed E-state index contributed by atoms with van der Waals surface area (Å²) in [6.07, 6.45) is 5.31. The first-order valence-corrected chi connectivity index (χ1v) is 13.5. The number of para-hydroxylation sites is 1. The Hall–Kier alpha value is -4.11. The van der Waals surface area contributed by atoms with Crippen LogP contribution in [0.15, 0.2) is 69.7 Å². The molecule has 0 spiro atoms. The van der Waals surface area contributed by atoms with Crippen LogP contribution >= 0.6 is 11.3 Å². The first-order valence-electron chi connectivity index (χ1n) is 12.7. The minimum absolute atomic E-state index is 0.133. The molecule has 194 valence electrons. The average molecular weight is 530 g/mol. The van der Waals surface area contributed by atoms with Gasteiger partial charge in [0.1, 0.15) is 0 Å². The molecule has 4 aromatic rings.